The summed E-state index contributed by atoms with van der Waals surface area (Å²) in [7, 11) is 1.86. The summed E-state index contributed by atoms with van der Waals surface area (Å²) in [6, 6.07) is 8.82. The molecule has 16 nitrogen and oxygen atoms in total. The second kappa shape index (κ2) is 20.9. The SMILES string of the molecule is CCC[C@@H]1CCN(c2cc(N3CCC4(CC3)CN(c3cc(F)c(CN5CCC(C)(C)CC5)cc3F)CC(=O)N4)ncn2)C1.CNCCCNc1cccc2c1C(=O)N(C1CCC(=O)NC1=O)C2=O. The van der Waals surface area contributed by atoms with Crippen molar-refractivity contribution < 1.29 is 32.8 Å². The number of imide groups is 2. The molecule has 0 aliphatic carbocycles. The number of halogens is 2. The highest BCUT2D eigenvalue weighted by atomic mass is 19.1. The van der Waals surface area contributed by atoms with Gasteiger partial charge in [-0.3, -0.25) is 39.1 Å². The first kappa shape index (κ1) is 48.7. The molecule has 68 heavy (non-hydrogen) atoms. The third-order valence-electron chi connectivity index (χ3n) is 14.7. The number of benzene rings is 2. The normalized spacial score (nSPS) is 22.5. The molecule has 1 spiro atoms. The zero-order valence-corrected chi connectivity index (χ0v) is 40.0. The Morgan fingerprint density at radius 3 is 2.29 bits per heavy atom. The van der Waals surface area contributed by atoms with E-state index in [1.807, 2.05) is 7.05 Å². The molecule has 7 heterocycles. The average Bonchev–Trinajstić information content (AvgIpc) is 3.89. The lowest BCUT2D eigenvalue weighted by molar-refractivity contribution is -0.136. The van der Waals surface area contributed by atoms with Crippen molar-refractivity contribution in [1.82, 2.24) is 35.7 Å². The van der Waals surface area contributed by atoms with Crippen LogP contribution in [-0.4, -0.2) is 133 Å². The van der Waals surface area contributed by atoms with Crippen LogP contribution in [0.5, 0.6) is 0 Å². The number of fused-ring (bicyclic) bond motifs is 1. The fourth-order valence-electron chi connectivity index (χ4n) is 10.6. The number of carbonyl (C=O) groups is 5. The highest BCUT2D eigenvalue weighted by Crippen LogP contribution is 2.36. The van der Waals surface area contributed by atoms with Gasteiger partial charge in [-0.2, -0.15) is 0 Å². The topological polar surface area (TPSA) is 175 Å². The van der Waals surface area contributed by atoms with Crippen molar-refractivity contribution in [3.05, 3.63) is 71.1 Å². The Bertz CT molecular complexity index is 2360. The molecular weight excluding hydrogens is 873 g/mol. The summed E-state index contributed by atoms with van der Waals surface area (Å²) in [5.74, 6) is -0.391. The van der Waals surface area contributed by atoms with Crippen LogP contribution in [-0.2, 0) is 20.9 Å². The number of likely N-dealkylation sites (tertiary alicyclic amines) is 1. The highest BCUT2D eigenvalue weighted by molar-refractivity contribution is 6.25. The quantitative estimate of drug-likeness (QED) is 0.132. The van der Waals surface area contributed by atoms with Gasteiger partial charge < -0.3 is 30.7 Å². The molecule has 6 aliphatic heterocycles. The van der Waals surface area contributed by atoms with Gasteiger partial charge in [0.1, 0.15) is 35.6 Å². The van der Waals surface area contributed by atoms with E-state index in [0.29, 0.717) is 67.8 Å². The van der Waals surface area contributed by atoms with Gasteiger partial charge >= 0.3 is 0 Å². The summed E-state index contributed by atoms with van der Waals surface area (Å²) in [6.45, 7) is 14.4. The summed E-state index contributed by atoms with van der Waals surface area (Å²) in [5, 5.41) is 11.6. The second-order valence-electron chi connectivity index (χ2n) is 20.2. The number of rotatable bonds is 13. The zero-order valence-electron chi connectivity index (χ0n) is 40.0. The smallest absolute Gasteiger partial charge is 0.264 e. The van der Waals surface area contributed by atoms with Crippen LogP contribution in [0.3, 0.4) is 0 Å². The predicted octanol–water partition coefficient (Wildman–Crippen LogP) is 5.09. The average molecular weight is 940 g/mol. The lowest BCUT2D eigenvalue weighted by atomic mass is 9.82. The van der Waals surface area contributed by atoms with Crippen LogP contribution >= 0.6 is 0 Å². The molecule has 2 aromatic carbocycles. The third-order valence-corrected chi connectivity index (χ3v) is 14.7. The van der Waals surface area contributed by atoms with Crippen LogP contribution in [0.2, 0.25) is 0 Å². The maximum atomic E-state index is 15.5. The first-order chi connectivity index (χ1) is 32.7. The maximum Gasteiger partial charge on any atom is 0.264 e. The van der Waals surface area contributed by atoms with E-state index in [1.54, 1.807) is 29.4 Å². The molecule has 5 fully saturated rings. The number of piperazine rings is 1. The minimum Gasteiger partial charge on any atom is -0.384 e. The highest BCUT2D eigenvalue weighted by Gasteiger charge is 2.46. The molecule has 1 aromatic heterocycles. The largest absolute Gasteiger partial charge is 0.384 e. The summed E-state index contributed by atoms with van der Waals surface area (Å²) in [6.07, 6.45) is 9.94. The Morgan fingerprint density at radius 2 is 1.57 bits per heavy atom. The van der Waals surface area contributed by atoms with E-state index in [-0.39, 0.29) is 42.5 Å². The molecule has 18 heteroatoms. The van der Waals surface area contributed by atoms with Crippen LogP contribution in [0, 0.1) is 23.0 Å². The van der Waals surface area contributed by atoms with E-state index < -0.39 is 40.9 Å². The van der Waals surface area contributed by atoms with E-state index in [2.05, 4.69) is 72.8 Å². The van der Waals surface area contributed by atoms with Gasteiger partial charge in [-0.15, -0.1) is 0 Å². The number of hydrogen-bond donors (Lipinski definition) is 4. The number of aromatic nitrogens is 2. The van der Waals surface area contributed by atoms with E-state index in [4.69, 9.17) is 0 Å². The number of nitrogens with one attached hydrogen (secondary N) is 4. The molecule has 0 radical (unpaired) electrons. The summed E-state index contributed by atoms with van der Waals surface area (Å²) in [4.78, 5) is 80.4. The van der Waals surface area contributed by atoms with E-state index in [0.717, 1.165) is 74.4 Å². The van der Waals surface area contributed by atoms with Crippen LogP contribution in [0.1, 0.15) is 111 Å². The van der Waals surface area contributed by atoms with Gasteiger partial charge in [0.2, 0.25) is 17.7 Å². The van der Waals surface area contributed by atoms with Crippen molar-refractivity contribution in [3.8, 4) is 0 Å². The van der Waals surface area contributed by atoms with Crippen LogP contribution in [0.25, 0.3) is 0 Å². The number of anilines is 4. The molecule has 5 amide bonds. The standard InChI is InChI=1S/C33H47F2N7O.C17H20N4O4/c1-4-5-24-6-11-41(19-24)30-18-29(36-23-37-30)40-14-9-33(10-15-40)22-42(21-31(43)38-33)28-17-26(34)25(16-27(28)35)20-39-12-7-32(2,3)8-13-39;1-18-8-3-9-19-11-5-2-4-10-14(11)17(25)21(16(10)24)12-6-7-13(22)20-15(12)23/h16-18,23-24H,4-15,19-22H2,1-3H3,(H,38,43);2,4-5,12,18-19H,3,6-9H2,1H3,(H,20,22,23)/t24-;/m1./s1. The molecule has 2 atom stereocenters. The fourth-order valence-corrected chi connectivity index (χ4v) is 10.6. The number of hydrogen-bond acceptors (Lipinski definition) is 13. The number of amides is 5. The molecule has 6 aliphatic rings. The van der Waals surface area contributed by atoms with Gasteiger partial charge in [0.05, 0.1) is 28.9 Å². The van der Waals surface area contributed by atoms with E-state index in [9.17, 15) is 24.0 Å². The lowest BCUT2D eigenvalue weighted by Gasteiger charge is -2.48. The minimum atomic E-state index is -0.942. The molecule has 9 rings (SSSR count). The Labute approximate surface area is 398 Å². The second-order valence-corrected chi connectivity index (χ2v) is 20.2. The Morgan fingerprint density at radius 1 is 0.824 bits per heavy atom. The van der Waals surface area contributed by atoms with Gasteiger partial charge in [-0.05, 0) is 108 Å². The first-order valence-corrected chi connectivity index (χ1v) is 24.5. The molecule has 5 saturated heterocycles. The third kappa shape index (κ3) is 10.9. The molecule has 4 N–H and O–H groups in total. The zero-order chi connectivity index (χ0) is 48.2. The predicted molar refractivity (Wildman–Crippen MR) is 257 cm³/mol. The molecule has 1 unspecified atom stereocenters. The van der Waals surface area contributed by atoms with Gasteiger partial charge in [-0.25, -0.2) is 18.7 Å². The number of carbonyl (C=O) groups excluding carboxylic acids is 5. The van der Waals surface area contributed by atoms with Gasteiger partial charge in [0, 0.05) is 75.6 Å². The summed E-state index contributed by atoms with van der Waals surface area (Å²) in [5.41, 5.74) is 1.52. The van der Waals surface area contributed by atoms with E-state index >= 15 is 8.78 Å². The Balaban J connectivity index is 0.000000212. The molecule has 0 bridgehead atoms. The Kier molecular flexibility index (Phi) is 14.9. The minimum absolute atomic E-state index is 0.0203. The van der Waals surface area contributed by atoms with Crippen molar-refractivity contribution >= 4 is 52.5 Å². The van der Waals surface area contributed by atoms with Gasteiger partial charge in [0.25, 0.3) is 11.8 Å². The van der Waals surface area contributed by atoms with Crippen molar-refractivity contribution in [2.75, 3.05) is 92.5 Å². The molecule has 366 valence electrons. The first-order valence-electron chi connectivity index (χ1n) is 24.5. The molecular formula is C50H67F2N11O5. The fraction of sp³-hybridized carbons (Fsp3) is 0.580. The number of piperidine rings is 3. The summed E-state index contributed by atoms with van der Waals surface area (Å²) < 4.78 is 30.8. The maximum absolute atomic E-state index is 15.5. The van der Waals surface area contributed by atoms with Crippen LogP contribution in [0.15, 0.2) is 42.7 Å². The monoisotopic (exact) mass is 940 g/mol. The van der Waals surface area contributed by atoms with Gasteiger partial charge in [0.15, 0.2) is 0 Å². The number of nitrogens with zero attached hydrogens (tertiary/aromatic N) is 7. The molecule has 3 aromatic rings. The van der Waals surface area contributed by atoms with Crippen LogP contribution < -0.4 is 36.0 Å². The summed E-state index contributed by atoms with van der Waals surface area (Å²) >= 11 is 0. The Hall–Kier alpha value is -5.75. The van der Waals surface area contributed by atoms with E-state index in [1.165, 1.54) is 31.4 Å². The van der Waals surface area contributed by atoms with Gasteiger partial charge in [-0.1, -0.05) is 33.3 Å². The lowest BCUT2D eigenvalue weighted by Crippen LogP contribution is -2.66. The van der Waals surface area contributed by atoms with Crippen molar-refractivity contribution in [2.45, 2.75) is 103 Å². The van der Waals surface area contributed by atoms with Crippen molar-refractivity contribution in [2.24, 2.45) is 11.3 Å². The van der Waals surface area contributed by atoms with Crippen molar-refractivity contribution in [1.29, 1.82) is 0 Å². The van der Waals surface area contributed by atoms with Crippen molar-refractivity contribution in [3.63, 3.8) is 0 Å². The van der Waals surface area contributed by atoms with Crippen LogP contribution in [0.4, 0.5) is 31.8 Å². The molecule has 0 saturated carbocycles.